The number of para-hydroxylation sites is 2. The minimum absolute atomic E-state index is 0.124. The zero-order chi connectivity index (χ0) is 23.4. The Morgan fingerprint density at radius 1 is 1.24 bits per heavy atom. The van der Waals surface area contributed by atoms with Crippen LogP contribution in [0.3, 0.4) is 0 Å². The van der Waals surface area contributed by atoms with E-state index in [0.717, 1.165) is 16.5 Å². The molecule has 3 aromatic rings. The highest BCUT2D eigenvalue weighted by Crippen LogP contribution is 2.42. The van der Waals surface area contributed by atoms with E-state index in [-0.39, 0.29) is 18.6 Å². The number of aromatic amines is 1. The molecule has 5 rings (SSSR count). The lowest BCUT2D eigenvalue weighted by molar-refractivity contribution is 0.0910. The summed E-state index contributed by atoms with van der Waals surface area (Å²) in [5.41, 5.74) is 4.43. The third kappa shape index (κ3) is 5.28. The van der Waals surface area contributed by atoms with Gasteiger partial charge in [0.15, 0.2) is 0 Å². The lowest BCUT2D eigenvalue weighted by atomic mass is 10.0. The number of terminal acetylenes is 1. The maximum absolute atomic E-state index is 12.9. The molecule has 33 heavy (non-hydrogen) atoms. The van der Waals surface area contributed by atoms with Gasteiger partial charge in [-0.1, -0.05) is 30.2 Å². The molecule has 1 aliphatic carbocycles. The fourth-order valence-electron chi connectivity index (χ4n) is 3.55. The minimum Gasteiger partial charge on any atom is -0.489 e. The summed E-state index contributed by atoms with van der Waals surface area (Å²) in [4.78, 5) is 17.6. The number of thiophene rings is 1. The zero-order valence-electron chi connectivity index (χ0n) is 18.6. The number of aromatic nitrogens is 1. The Kier molecular flexibility index (Phi) is 6.83. The van der Waals surface area contributed by atoms with Gasteiger partial charge in [0.05, 0.1) is 29.9 Å². The summed E-state index contributed by atoms with van der Waals surface area (Å²) < 4.78 is 5.80. The van der Waals surface area contributed by atoms with Crippen LogP contribution >= 0.6 is 11.3 Å². The highest BCUT2D eigenvalue weighted by Gasteiger charge is 2.20. The molecule has 0 radical (unpaired) electrons. The quantitative estimate of drug-likeness (QED) is 0.301. The van der Waals surface area contributed by atoms with Crippen LogP contribution in [0.2, 0.25) is 0 Å². The summed E-state index contributed by atoms with van der Waals surface area (Å²) in [6.45, 7) is 3.57. The van der Waals surface area contributed by atoms with Crippen LogP contribution in [0.4, 0.5) is 0 Å². The number of rotatable bonds is 7. The number of ether oxygens (including phenoxy) is 1. The van der Waals surface area contributed by atoms with Crippen molar-refractivity contribution in [1.82, 2.24) is 10.3 Å². The van der Waals surface area contributed by atoms with Crippen molar-refractivity contribution in [3.8, 4) is 28.5 Å². The number of nitrogens with one attached hydrogen (secondary N) is 2. The number of benzene rings is 2. The highest BCUT2D eigenvalue weighted by molar-refractivity contribution is 7.18. The largest absolute Gasteiger partial charge is 0.489 e. The Balaban J connectivity index is 0.000000447. The Hall–Kier alpha value is -3.53. The zero-order valence-corrected chi connectivity index (χ0v) is 19.4. The van der Waals surface area contributed by atoms with E-state index < -0.39 is 6.04 Å². The molecule has 1 aliphatic heterocycles. The average Bonchev–Trinajstić information content (AvgIpc) is 3.20. The van der Waals surface area contributed by atoms with E-state index >= 15 is 0 Å². The smallest absolute Gasteiger partial charge is 0.255 e. The van der Waals surface area contributed by atoms with Gasteiger partial charge in [-0.05, 0) is 50.1 Å². The fraction of sp³-hybridized carbons (Fsp3) is 0.222. The topological polar surface area (TPSA) is 74.4 Å². The summed E-state index contributed by atoms with van der Waals surface area (Å²) >= 11 is 1.83. The van der Waals surface area contributed by atoms with Crippen LogP contribution in [0.5, 0.6) is 5.75 Å². The SMILES string of the molecule is C#Cc1cccc(C(=O)N[C@@H](CO)Cc2c[nH]c3ccccc23)c1OC(C)C.c1sc2cc1-2. The molecular formula is C27H26N2O3S. The summed E-state index contributed by atoms with van der Waals surface area (Å²) in [6.07, 6.45) is 7.85. The molecule has 2 aliphatic rings. The minimum atomic E-state index is -0.437. The monoisotopic (exact) mass is 458 g/mol. The first-order valence-electron chi connectivity index (χ1n) is 10.8. The first-order valence-corrected chi connectivity index (χ1v) is 11.7. The Bertz CT molecular complexity index is 1290. The number of fused-ring (bicyclic) bond motifs is 2. The molecule has 0 fully saturated rings. The second kappa shape index (κ2) is 9.95. The van der Waals surface area contributed by atoms with Gasteiger partial charge in [0.1, 0.15) is 5.75 Å². The van der Waals surface area contributed by atoms with E-state index in [2.05, 4.69) is 27.7 Å². The predicted octanol–water partition coefficient (Wildman–Crippen LogP) is 5.00. The van der Waals surface area contributed by atoms with Gasteiger partial charge in [0.2, 0.25) is 0 Å². The fourth-order valence-corrected chi connectivity index (χ4v) is 4.20. The lowest BCUT2D eigenvalue weighted by Crippen LogP contribution is -2.39. The summed E-state index contributed by atoms with van der Waals surface area (Å²) in [7, 11) is 0. The normalized spacial score (nSPS) is 12.0. The molecule has 0 saturated carbocycles. The van der Waals surface area contributed by atoms with Crippen molar-refractivity contribution in [2.75, 3.05) is 6.61 Å². The van der Waals surface area contributed by atoms with E-state index in [0.29, 0.717) is 23.3 Å². The average molecular weight is 459 g/mol. The third-order valence-corrected chi connectivity index (χ3v) is 6.25. The third-order valence-electron chi connectivity index (χ3n) is 5.27. The van der Waals surface area contributed by atoms with E-state index in [9.17, 15) is 9.90 Å². The number of hydrogen-bond donors (Lipinski definition) is 3. The van der Waals surface area contributed by atoms with E-state index in [1.165, 1.54) is 10.4 Å². The molecule has 0 saturated heterocycles. The van der Waals surface area contributed by atoms with Crippen molar-refractivity contribution in [3.05, 3.63) is 76.8 Å². The molecule has 0 unspecified atom stereocenters. The Morgan fingerprint density at radius 2 is 2.03 bits per heavy atom. The molecule has 2 aromatic carbocycles. The Morgan fingerprint density at radius 3 is 2.64 bits per heavy atom. The highest BCUT2D eigenvalue weighted by atomic mass is 32.1. The van der Waals surface area contributed by atoms with Crippen LogP contribution in [0.25, 0.3) is 21.3 Å². The second-order valence-electron chi connectivity index (χ2n) is 8.11. The Labute approximate surface area is 197 Å². The van der Waals surface area contributed by atoms with Crippen LogP contribution in [0.1, 0.15) is 35.3 Å². The van der Waals surface area contributed by atoms with Crippen molar-refractivity contribution < 1.29 is 14.6 Å². The van der Waals surface area contributed by atoms with Crippen molar-refractivity contribution in [2.24, 2.45) is 0 Å². The molecule has 1 amide bonds. The number of hydrogen-bond acceptors (Lipinski definition) is 4. The molecule has 0 spiro atoms. The molecule has 168 valence electrons. The molecule has 1 aromatic heterocycles. The van der Waals surface area contributed by atoms with Crippen molar-refractivity contribution in [2.45, 2.75) is 32.4 Å². The summed E-state index contributed by atoms with van der Waals surface area (Å²) in [5.74, 6) is 2.62. The number of carbonyl (C=O) groups is 1. The van der Waals surface area contributed by atoms with Gasteiger partial charge >= 0.3 is 0 Å². The van der Waals surface area contributed by atoms with Crippen LogP contribution in [-0.4, -0.2) is 34.8 Å². The number of H-pyrrole nitrogens is 1. The maximum Gasteiger partial charge on any atom is 0.255 e. The number of amides is 1. The van der Waals surface area contributed by atoms with Crippen LogP contribution < -0.4 is 10.1 Å². The molecule has 0 bridgehead atoms. The van der Waals surface area contributed by atoms with E-state index in [1.54, 1.807) is 18.2 Å². The van der Waals surface area contributed by atoms with Gasteiger partial charge < -0.3 is 20.1 Å². The molecule has 2 heterocycles. The maximum atomic E-state index is 12.9. The van der Waals surface area contributed by atoms with Crippen LogP contribution in [-0.2, 0) is 6.42 Å². The number of aliphatic hydroxyl groups is 1. The van der Waals surface area contributed by atoms with Crippen molar-refractivity contribution in [3.63, 3.8) is 0 Å². The van der Waals surface area contributed by atoms with Gasteiger partial charge in [0, 0.05) is 32.9 Å². The molecule has 5 nitrogen and oxygen atoms in total. The van der Waals surface area contributed by atoms with Crippen molar-refractivity contribution >= 4 is 28.1 Å². The van der Waals surface area contributed by atoms with Crippen molar-refractivity contribution in [1.29, 1.82) is 0 Å². The van der Waals surface area contributed by atoms with Gasteiger partial charge in [-0.25, -0.2) is 0 Å². The first-order chi connectivity index (χ1) is 16.0. The first kappa shape index (κ1) is 22.7. The molecule has 1 atom stereocenters. The van der Waals surface area contributed by atoms with E-state index in [1.807, 2.05) is 55.6 Å². The van der Waals surface area contributed by atoms with Gasteiger partial charge in [-0.15, -0.1) is 17.8 Å². The van der Waals surface area contributed by atoms with E-state index in [4.69, 9.17) is 11.2 Å². The van der Waals surface area contributed by atoms with Gasteiger partial charge in [0.25, 0.3) is 5.91 Å². The summed E-state index contributed by atoms with van der Waals surface area (Å²) in [6, 6.07) is 14.8. The van der Waals surface area contributed by atoms with Crippen LogP contribution in [0, 0.1) is 12.3 Å². The molecule has 6 heteroatoms. The lowest BCUT2D eigenvalue weighted by Gasteiger charge is -2.19. The molecule has 3 N–H and O–H groups in total. The second-order valence-corrected chi connectivity index (χ2v) is 9.02. The number of aliphatic hydroxyl groups excluding tert-OH is 1. The van der Waals surface area contributed by atoms with Gasteiger partial charge in [-0.3, -0.25) is 4.79 Å². The van der Waals surface area contributed by atoms with Gasteiger partial charge in [-0.2, -0.15) is 0 Å². The predicted molar refractivity (Wildman–Crippen MR) is 134 cm³/mol. The standard InChI is InChI=1S/C23H24N2O3.C4H2S/c1-4-16-8-7-10-20(22(16)28-15(2)3)23(27)25-18(14-26)12-17-13-24-21-11-6-5-9-19(17)21;1-3-2-5-4(1)3/h1,5-11,13,15,18,24,26H,12,14H2,2-3H3,(H,25,27);1-2H/t18-;/m1./s1. The van der Waals surface area contributed by atoms with Crippen LogP contribution in [0.15, 0.2) is 60.1 Å². The molecular weight excluding hydrogens is 432 g/mol. The number of carbonyl (C=O) groups excluding carboxylic acids is 1. The summed E-state index contributed by atoms with van der Waals surface area (Å²) in [5, 5.41) is 16.0.